The van der Waals surface area contributed by atoms with Crippen molar-refractivity contribution >= 4 is 12.4 Å². The van der Waals surface area contributed by atoms with Crippen LogP contribution in [0.3, 0.4) is 0 Å². The van der Waals surface area contributed by atoms with Crippen molar-refractivity contribution in [2.75, 3.05) is 0 Å². The van der Waals surface area contributed by atoms with Crippen molar-refractivity contribution in [2.24, 2.45) is 5.73 Å². The average Bonchev–Trinajstić information content (AvgIpc) is 1.67. The molecule has 0 saturated carbocycles. The number of carbonyl (C=O) groups is 2. The molecule has 0 heterocycles. The van der Waals surface area contributed by atoms with Crippen molar-refractivity contribution in [3.8, 4) is 0 Å². The Morgan fingerprint density at radius 2 is 2.38 bits per heavy atom. The minimum atomic E-state index is -1.28. The Balaban J connectivity index is 3.46. The van der Waals surface area contributed by atoms with Gasteiger partial charge in [-0.15, -0.1) is 0 Å². The number of carboxylic acids is 1. The van der Waals surface area contributed by atoms with Crippen LogP contribution in [0.15, 0.2) is 0 Å². The molecule has 0 aromatic carbocycles. The van der Waals surface area contributed by atoms with Crippen LogP contribution in [-0.2, 0) is 9.59 Å². The fourth-order valence-corrected chi connectivity index (χ4v) is 0.145. The second kappa shape index (κ2) is 2.98. The van der Waals surface area contributed by atoms with Gasteiger partial charge >= 0.3 is 5.97 Å². The highest BCUT2D eigenvalue weighted by molar-refractivity contribution is 5.75. The quantitative estimate of drug-likeness (QED) is 0.298. The van der Waals surface area contributed by atoms with Gasteiger partial charge in [0, 0.05) is 0 Å². The molecular formula is C3H6N2O3. The fourth-order valence-electron chi connectivity index (χ4n) is 0.145. The zero-order valence-corrected chi connectivity index (χ0v) is 4.00. The molecule has 1 unspecified atom stereocenters. The highest BCUT2D eigenvalue weighted by Crippen LogP contribution is 1.64. The minimum absolute atomic E-state index is 0.235. The molecule has 0 radical (unpaired) electrons. The Hall–Kier alpha value is -1.10. The summed E-state index contributed by atoms with van der Waals surface area (Å²) in [5, 5.41) is 9.81. The van der Waals surface area contributed by atoms with Crippen LogP contribution in [0.1, 0.15) is 0 Å². The van der Waals surface area contributed by atoms with E-state index in [1.807, 2.05) is 5.32 Å². The first kappa shape index (κ1) is 6.90. The maximum Gasteiger partial charge on any atom is 0.341 e. The van der Waals surface area contributed by atoms with Gasteiger partial charge in [-0.25, -0.2) is 4.79 Å². The summed E-state index contributed by atoms with van der Waals surface area (Å²) in [4.78, 5) is 19.2. The third-order valence-corrected chi connectivity index (χ3v) is 0.514. The van der Waals surface area contributed by atoms with Crippen molar-refractivity contribution in [1.82, 2.24) is 5.32 Å². The highest BCUT2D eigenvalue weighted by atomic mass is 16.4. The number of rotatable bonds is 3. The lowest BCUT2D eigenvalue weighted by Gasteiger charge is -2.00. The van der Waals surface area contributed by atoms with Crippen LogP contribution in [-0.4, -0.2) is 23.7 Å². The third kappa shape index (κ3) is 2.14. The molecule has 8 heavy (non-hydrogen) atoms. The number of carboxylic acid groups (broad SMARTS) is 1. The van der Waals surface area contributed by atoms with Gasteiger partial charge in [0.1, 0.15) is 0 Å². The van der Waals surface area contributed by atoms with Gasteiger partial charge in [0.05, 0.1) is 0 Å². The van der Waals surface area contributed by atoms with Crippen molar-refractivity contribution in [3.63, 3.8) is 0 Å². The standard InChI is InChI=1S/C3H6N2O3/c4-2(3(7)8)5-1-6/h1-2H,4H2,(H,5,6)(H,7,8). The van der Waals surface area contributed by atoms with E-state index in [2.05, 4.69) is 0 Å². The number of hydrogen-bond donors (Lipinski definition) is 3. The Labute approximate surface area is 45.5 Å². The third-order valence-electron chi connectivity index (χ3n) is 0.514. The van der Waals surface area contributed by atoms with Crippen LogP contribution >= 0.6 is 0 Å². The van der Waals surface area contributed by atoms with Gasteiger partial charge in [-0.05, 0) is 0 Å². The predicted molar refractivity (Wildman–Crippen MR) is 24.8 cm³/mol. The molecule has 0 aliphatic carbocycles. The fraction of sp³-hybridized carbons (Fsp3) is 0.333. The van der Waals surface area contributed by atoms with E-state index in [-0.39, 0.29) is 6.41 Å². The molecule has 0 aromatic heterocycles. The number of nitrogens with two attached hydrogens (primary N) is 1. The molecular weight excluding hydrogens is 112 g/mol. The van der Waals surface area contributed by atoms with Crippen molar-refractivity contribution in [2.45, 2.75) is 6.17 Å². The van der Waals surface area contributed by atoms with Gasteiger partial charge in [-0.2, -0.15) is 0 Å². The summed E-state index contributed by atoms with van der Waals surface area (Å²) in [6, 6.07) is 0. The number of amides is 1. The lowest BCUT2D eigenvalue weighted by Crippen LogP contribution is -2.43. The van der Waals surface area contributed by atoms with Crippen molar-refractivity contribution < 1.29 is 14.7 Å². The van der Waals surface area contributed by atoms with E-state index in [1.54, 1.807) is 0 Å². The van der Waals surface area contributed by atoms with Gasteiger partial charge in [0.2, 0.25) is 6.41 Å². The number of carbonyl (C=O) groups excluding carboxylic acids is 1. The first-order valence-corrected chi connectivity index (χ1v) is 1.86. The average molecular weight is 118 g/mol. The van der Waals surface area contributed by atoms with Gasteiger partial charge in [-0.1, -0.05) is 0 Å². The lowest BCUT2D eigenvalue weighted by atomic mass is 10.5. The maximum atomic E-state index is 9.74. The molecule has 0 aliphatic rings. The largest absolute Gasteiger partial charge is 0.479 e. The second-order valence-corrected chi connectivity index (χ2v) is 1.10. The lowest BCUT2D eigenvalue weighted by molar-refractivity contribution is -0.140. The summed E-state index contributed by atoms with van der Waals surface area (Å²) in [5.41, 5.74) is 4.79. The second-order valence-electron chi connectivity index (χ2n) is 1.10. The van der Waals surface area contributed by atoms with Crippen LogP contribution in [0.2, 0.25) is 0 Å². The van der Waals surface area contributed by atoms with E-state index in [9.17, 15) is 9.59 Å². The normalized spacial score (nSPS) is 12.1. The molecule has 46 valence electrons. The molecule has 0 aromatic rings. The first-order chi connectivity index (χ1) is 3.68. The van der Waals surface area contributed by atoms with Gasteiger partial charge in [0.15, 0.2) is 6.17 Å². The van der Waals surface area contributed by atoms with Gasteiger partial charge in [0.25, 0.3) is 0 Å². The molecule has 0 saturated heterocycles. The van der Waals surface area contributed by atoms with Crippen LogP contribution < -0.4 is 11.1 Å². The van der Waals surface area contributed by atoms with Crippen molar-refractivity contribution in [1.29, 1.82) is 0 Å². The van der Waals surface area contributed by atoms with E-state index < -0.39 is 12.1 Å². The monoisotopic (exact) mass is 118 g/mol. The number of aliphatic carboxylic acids is 1. The van der Waals surface area contributed by atoms with Crippen LogP contribution in [0.25, 0.3) is 0 Å². The van der Waals surface area contributed by atoms with E-state index in [4.69, 9.17) is 10.8 Å². The van der Waals surface area contributed by atoms with Crippen LogP contribution in [0, 0.1) is 0 Å². The van der Waals surface area contributed by atoms with Crippen LogP contribution in [0.5, 0.6) is 0 Å². The summed E-state index contributed by atoms with van der Waals surface area (Å²) in [6.45, 7) is 0. The number of nitrogens with one attached hydrogen (secondary N) is 1. The molecule has 5 nitrogen and oxygen atoms in total. The van der Waals surface area contributed by atoms with E-state index >= 15 is 0 Å². The summed E-state index contributed by atoms with van der Waals surface area (Å²) < 4.78 is 0. The Bertz CT molecular complexity index is 103. The van der Waals surface area contributed by atoms with Gasteiger partial charge in [-0.3, -0.25) is 4.79 Å². The van der Waals surface area contributed by atoms with Crippen LogP contribution in [0.4, 0.5) is 0 Å². The Kier molecular flexibility index (Phi) is 2.57. The molecule has 0 bridgehead atoms. The molecule has 0 spiro atoms. The molecule has 0 aliphatic heterocycles. The molecule has 0 rings (SSSR count). The van der Waals surface area contributed by atoms with E-state index in [0.29, 0.717) is 0 Å². The van der Waals surface area contributed by atoms with Gasteiger partial charge < -0.3 is 16.2 Å². The molecule has 4 N–H and O–H groups in total. The zero-order chi connectivity index (χ0) is 6.57. The topological polar surface area (TPSA) is 92.4 Å². The highest BCUT2D eigenvalue weighted by Gasteiger charge is 2.06. The SMILES string of the molecule is NC(NC=O)C(=O)O. The van der Waals surface area contributed by atoms with Crippen molar-refractivity contribution in [3.05, 3.63) is 0 Å². The maximum absolute atomic E-state index is 9.74. The Morgan fingerprint density at radius 1 is 1.88 bits per heavy atom. The minimum Gasteiger partial charge on any atom is -0.479 e. The summed E-state index contributed by atoms with van der Waals surface area (Å²) in [7, 11) is 0. The summed E-state index contributed by atoms with van der Waals surface area (Å²) in [6.07, 6.45) is -1.05. The molecule has 5 heteroatoms. The smallest absolute Gasteiger partial charge is 0.341 e. The molecule has 0 fully saturated rings. The van der Waals surface area contributed by atoms with E-state index in [0.717, 1.165) is 0 Å². The van der Waals surface area contributed by atoms with E-state index in [1.165, 1.54) is 0 Å². The number of hydrogen-bond acceptors (Lipinski definition) is 3. The Morgan fingerprint density at radius 3 is 2.50 bits per heavy atom. The zero-order valence-electron chi connectivity index (χ0n) is 4.00. The molecule has 1 atom stereocenters. The molecule has 1 amide bonds. The predicted octanol–water partition coefficient (Wildman–Crippen LogP) is -1.90. The summed E-state index contributed by atoms with van der Waals surface area (Å²) >= 11 is 0. The first-order valence-electron chi connectivity index (χ1n) is 1.86. The summed E-state index contributed by atoms with van der Waals surface area (Å²) in [5.74, 6) is -1.25.